The first-order valence-electron chi connectivity index (χ1n) is 9.89. The number of benzene rings is 2. The van der Waals surface area contributed by atoms with Crippen LogP contribution in [-0.2, 0) is 10.8 Å². The number of hydrogen-bond acceptors (Lipinski definition) is 2. The molecule has 2 aromatic carbocycles. The van der Waals surface area contributed by atoms with Gasteiger partial charge < -0.3 is 10.6 Å². The van der Waals surface area contributed by atoms with Gasteiger partial charge in [0.15, 0.2) is 0 Å². The highest BCUT2D eigenvalue weighted by Gasteiger charge is 2.19. The average molecular weight is 365 g/mol. The Morgan fingerprint density at radius 2 is 1.22 bits per heavy atom. The van der Waals surface area contributed by atoms with Crippen molar-refractivity contribution in [1.82, 2.24) is 0 Å². The molecule has 0 aliphatic carbocycles. The second kappa shape index (κ2) is 8.21. The Balaban J connectivity index is 2.17. The smallest absolute Gasteiger partial charge is 0.0435 e. The van der Waals surface area contributed by atoms with Crippen molar-refractivity contribution in [2.24, 2.45) is 0 Å². The van der Waals surface area contributed by atoms with Gasteiger partial charge in [0.25, 0.3) is 0 Å². The zero-order valence-electron chi connectivity index (χ0n) is 18.3. The van der Waals surface area contributed by atoms with E-state index in [0.29, 0.717) is 0 Å². The van der Waals surface area contributed by atoms with E-state index in [2.05, 4.69) is 121 Å². The molecule has 2 rings (SSSR count). The minimum atomic E-state index is 0.111. The molecule has 2 aromatic rings. The van der Waals surface area contributed by atoms with Crippen LogP contribution >= 0.6 is 0 Å². The molecule has 0 radical (unpaired) electrons. The monoisotopic (exact) mass is 364 g/mol. The molecular formula is C25H36N2. The van der Waals surface area contributed by atoms with Crippen molar-refractivity contribution in [1.29, 1.82) is 0 Å². The maximum Gasteiger partial charge on any atom is 0.0435 e. The largest absolute Gasteiger partial charge is 0.379 e. The third kappa shape index (κ3) is 5.89. The summed E-state index contributed by atoms with van der Waals surface area (Å²) in [4.78, 5) is 0. The number of hydrogen-bond donors (Lipinski definition) is 2. The van der Waals surface area contributed by atoms with E-state index in [4.69, 9.17) is 0 Å². The topological polar surface area (TPSA) is 24.1 Å². The molecule has 0 fully saturated rings. The van der Waals surface area contributed by atoms with Crippen molar-refractivity contribution in [3.05, 3.63) is 71.4 Å². The minimum Gasteiger partial charge on any atom is -0.379 e. The van der Waals surface area contributed by atoms with Crippen LogP contribution in [0.1, 0.15) is 66.5 Å². The van der Waals surface area contributed by atoms with Crippen molar-refractivity contribution in [3.63, 3.8) is 0 Å². The number of allylic oxidation sites excluding steroid dienone is 1. The van der Waals surface area contributed by atoms with Gasteiger partial charge in [-0.2, -0.15) is 0 Å². The van der Waals surface area contributed by atoms with Gasteiger partial charge in [0.1, 0.15) is 0 Å². The quantitative estimate of drug-likeness (QED) is 0.591. The lowest BCUT2D eigenvalue weighted by molar-refractivity contribution is 0.591. The van der Waals surface area contributed by atoms with E-state index in [-0.39, 0.29) is 16.9 Å². The first-order valence-corrected chi connectivity index (χ1v) is 9.89. The molecule has 0 spiro atoms. The standard InChI is InChI=1S/C25H36N2/c1-18(26-22-15-11-9-13-20(22)24(3,4)5)17-19(2)27-23-16-12-10-14-21(23)25(6,7)8/h9-18,26-27H,1-8H3/b19-17-. The molecule has 0 saturated carbocycles. The summed E-state index contributed by atoms with van der Waals surface area (Å²) in [5.74, 6) is 0. The van der Waals surface area contributed by atoms with Crippen LogP contribution in [0.2, 0.25) is 0 Å². The van der Waals surface area contributed by atoms with Crippen molar-refractivity contribution in [3.8, 4) is 0 Å². The molecule has 0 aromatic heterocycles. The van der Waals surface area contributed by atoms with E-state index in [9.17, 15) is 0 Å². The van der Waals surface area contributed by atoms with Crippen molar-refractivity contribution in [2.45, 2.75) is 72.3 Å². The third-order valence-corrected chi connectivity index (χ3v) is 4.69. The second-order valence-corrected chi connectivity index (χ2v) is 9.50. The highest BCUT2D eigenvalue weighted by Crippen LogP contribution is 2.31. The van der Waals surface area contributed by atoms with E-state index < -0.39 is 0 Å². The summed E-state index contributed by atoms with van der Waals surface area (Å²) in [5.41, 5.74) is 6.44. The molecule has 0 amide bonds. The molecule has 2 nitrogen and oxygen atoms in total. The SMILES string of the molecule is C/C(=C/C(C)Nc1ccccc1C(C)(C)C)Nc1ccccc1C(C)(C)C. The zero-order chi connectivity index (χ0) is 20.2. The lowest BCUT2D eigenvalue weighted by Gasteiger charge is -2.25. The van der Waals surface area contributed by atoms with Crippen molar-refractivity contribution >= 4 is 11.4 Å². The van der Waals surface area contributed by atoms with Gasteiger partial charge >= 0.3 is 0 Å². The summed E-state index contributed by atoms with van der Waals surface area (Å²) in [6.45, 7) is 17.8. The molecule has 2 heteroatoms. The first kappa shape index (κ1) is 21.1. The molecule has 0 aliphatic heterocycles. The maximum atomic E-state index is 3.66. The van der Waals surface area contributed by atoms with Crippen molar-refractivity contribution in [2.75, 3.05) is 10.6 Å². The highest BCUT2D eigenvalue weighted by molar-refractivity contribution is 5.58. The molecule has 0 aliphatic rings. The summed E-state index contributed by atoms with van der Waals surface area (Å²) in [5, 5.41) is 7.26. The Morgan fingerprint density at radius 3 is 1.74 bits per heavy atom. The molecule has 146 valence electrons. The van der Waals surface area contributed by atoms with Crippen LogP contribution in [0, 0.1) is 0 Å². The first-order chi connectivity index (χ1) is 12.5. The summed E-state index contributed by atoms with van der Waals surface area (Å²) in [6, 6.07) is 17.4. The van der Waals surface area contributed by atoms with E-state index >= 15 is 0 Å². The van der Waals surface area contributed by atoms with Gasteiger partial charge in [-0.1, -0.05) is 77.9 Å². The fraction of sp³-hybridized carbons (Fsp3) is 0.440. The van der Waals surface area contributed by atoms with Gasteiger partial charge in [0, 0.05) is 23.1 Å². The van der Waals surface area contributed by atoms with Crippen molar-refractivity contribution < 1.29 is 0 Å². The van der Waals surface area contributed by atoms with Crippen LogP contribution < -0.4 is 10.6 Å². The van der Waals surface area contributed by atoms with Gasteiger partial charge in [-0.15, -0.1) is 0 Å². The fourth-order valence-corrected chi connectivity index (χ4v) is 3.43. The summed E-state index contributed by atoms with van der Waals surface area (Å²) in [6.07, 6.45) is 2.25. The van der Waals surface area contributed by atoms with E-state index in [0.717, 1.165) is 5.70 Å². The molecule has 1 unspecified atom stereocenters. The molecule has 1 atom stereocenters. The van der Waals surface area contributed by atoms with Crippen LogP contribution in [0.3, 0.4) is 0 Å². The lowest BCUT2D eigenvalue weighted by atomic mass is 9.85. The Morgan fingerprint density at radius 1 is 0.778 bits per heavy atom. The van der Waals surface area contributed by atoms with Crippen LogP contribution in [-0.4, -0.2) is 6.04 Å². The molecule has 0 saturated heterocycles. The van der Waals surface area contributed by atoms with Gasteiger partial charge in [-0.05, 0) is 54.0 Å². The molecule has 27 heavy (non-hydrogen) atoms. The van der Waals surface area contributed by atoms with Crippen LogP contribution in [0.5, 0.6) is 0 Å². The van der Waals surface area contributed by atoms with Gasteiger partial charge in [0.05, 0.1) is 0 Å². The maximum absolute atomic E-state index is 3.66. The van der Waals surface area contributed by atoms with Gasteiger partial charge in [0.2, 0.25) is 0 Å². The lowest BCUT2D eigenvalue weighted by Crippen LogP contribution is -2.20. The fourth-order valence-electron chi connectivity index (χ4n) is 3.43. The predicted octanol–water partition coefficient (Wildman–Crippen LogP) is 7.10. The Bertz CT molecular complexity index is 788. The van der Waals surface area contributed by atoms with E-state index in [1.54, 1.807) is 0 Å². The normalized spacial score (nSPS) is 14.0. The van der Waals surface area contributed by atoms with E-state index in [1.165, 1.54) is 22.5 Å². The second-order valence-electron chi connectivity index (χ2n) is 9.50. The third-order valence-electron chi connectivity index (χ3n) is 4.69. The summed E-state index contributed by atoms with van der Waals surface area (Å²) in [7, 11) is 0. The zero-order valence-corrected chi connectivity index (χ0v) is 18.3. The average Bonchev–Trinajstić information content (AvgIpc) is 2.53. The Kier molecular flexibility index (Phi) is 6.41. The molecule has 0 heterocycles. The van der Waals surface area contributed by atoms with Gasteiger partial charge in [-0.25, -0.2) is 0 Å². The minimum absolute atomic E-state index is 0.111. The number of nitrogens with one attached hydrogen (secondary N) is 2. The van der Waals surface area contributed by atoms with E-state index in [1.807, 2.05) is 0 Å². The summed E-state index contributed by atoms with van der Waals surface area (Å²) < 4.78 is 0. The molecule has 2 N–H and O–H groups in total. The van der Waals surface area contributed by atoms with Crippen LogP contribution in [0.15, 0.2) is 60.3 Å². The van der Waals surface area contributed by atoms with Crippen LogP contribution in [0.25, 0.3) is 0 Å². The van der Waals surface area contributed by atoms with Gasteiger partial charge in [-0.3, -0.25) is 0 Å². The highest BCUT2D eigenvalue weighted by atomic mass is 14.9. The Hall–Kier alpha value is -2.22. The molecular weight excluding hydrogens is 328 g/mol. The number of rotatable bonds is 5. The molecule has 0 bridgehead atoms. The summed E-state index contributed by atoms with van der Waals surface area (Å²) >= 11 is 0. The number of para-hydroxylation sites is 2. The van der Waals surface area contributed by atoms with Crippen LogP contribution in [0.4, 0.5) is 11.4 Å². The number of anilines is 2. The Labute approximate surface area is 166 Å². The predicted molar refractivity (Wildman–Crippen MR) is 121 cm³/mol.